The van der Waals surface area contributed by atoms with Crippen LogP contribution in [0.5, 0.6) is 5.88 Å². The molecule has 0 unspecified atom stereocenters. The SMILES string of the molecule is COc1ncccc1CN(C)CCO. The van der Waals surface area contributed by atoms with Gasteiger partial charge in [0.1, 0.15) is 0 Å². The van der Waals surface area contributed by atoms with Gasteiger partial charge in [-0.3, -0.25) is 4.90 Å². The predicted octanol–water partition coefficient (Wildman–Crippen LogP) is 0.514. The standard InChI is InChI=1S/C10H16N2O2/c1-12(6-7-13)8-9-4-3-5-11-10(9)14-2/h3-5,13H,6-8H2,1-2H3. The van der Waals surface area contributed by atoms with E-state index in [1.165, 1.54) is 0 Å². The molecule has 1 heterocycles. The van der Waals surface area contributed by atoms with Crippen LogP contribution in [0.1, 0.15) is 5.56 Å². The summed E-state index contributed by atoms with van der Waals surface area (Å²) in [6.07, 6.45) is 1.70. The lowest BCUT2D eigenvalue weighted by Gasteiger charge is -2.16. The molecule has 0 spiro atoms. The lowest BCUT2D eigenvalue weighted by atomic mass is 10.2. The van der Waals surface area contributed by atoms with Crippen molar-refractivity contribution in [3.8, 4) is 5.88 Å². The molecule has 1 N–H and O–H groups in total. The summed E-state index contributed by atoms with van der Waals surface area (Å²) in [6.45, 7) is 1.55. The first-order valence-electron chi connectivity index (χ1n) is 4.55. The molecular formula is C10H16N2O2. The van der Waals surface area contributed by atoms with Crippen LogP contribution < -0.4 is 4.74 Å². The fraction of sp³-hybridized carbons (Fsp3) is 0.500. The van der Waals surface area contributed by atoms with Gasteiger partial charge in [-0.15, -0.1) is 0 Å². The number of pyridine rings is 1. The first-order valence-corrected chi connectivity index (χ1v) is 4.55. The minimum Gasteiger partial charge on any atom is -0.481 e. The number of aliphatic hydroxyl groups is 1. The maximum Gasteiger partial charge on any atom is 0.217 e. The zero-order valence-corrected chi connectivity index (χ0v) is 8.60. The fourth-order valence-electron chi connectivity index (χ4n) is 1.27. The molecule has 78 valence electrons. The lowest BCUT2D eigenvalue weighted by molar-refractivity contribution is 0.215. The van der Waals surface area contributed by atoms with Crippen LogP contribution in [0.3, 0.4) is 0 Å². The molecule has 14 heavy (non-hydrogen) atoms. The number of methoxy groups -OCH3 is 1. The van der Waals surface area contributed by atoms with E-state index in [1.807, 2.05) is 24.1 Å². The van der Waals surface area contributed by atoms with E-state index in [0.717, 1.165) is 12.1 Å². The van der Waals surface area contributed by atoms with Crippen LogP contribution in [0.25, 0.3) is 0 Å². The molecule has 0 radical (unpaired) electrons. The molecule has 0 aromatic carbocycles. The van der Waals surface area contributed by atoms with E-state index in [-0.39, 0.29) is 6.61 Å². The van der Waals surface area contributed by atoms with Crippen molar-refractivity contribution in [1.29, 1.82) is 0 Å². The molecule has 1 aromatic rings. The van der Waals surface area contributed by atoms with Crippen molar-refractivity contribution in [2.45, 2.75) is 6.54 Å². The molecule has 0 saturated heterocycles. The van der Waals surface area contributed by atoms with Crippen LogP contribution in [0.4, 0.5) is 0 Å². The minimum absolute atomic E-state index is 0.166. The van der Waals surface area contributed by atoms with Crippen molar-refractivity contribution in [3.05, 3.63) is 23.9 Å². The van der Waals surface area contributed by atoms with Gasteiger partial charge in [0.25, 0.3) is 0 Å². The largest absolute Gasteiger partial charge is 0.481 e. The van der Waals surface area contributed by atoms with Gasteiger partial charge in [-0.25, -0.2) is 4.98 Å². The number of likely N-dealkylation sites (N-methyl/N-ethyl adjacent to an activating group) is 1. The Labute approximate surface area is 84.1 Å². The molecular weight excluding hydrogens is 180 g/mol. The summed E-state index contributed by atoms with van der Waals surface area (Å²) >= 11 is 0. The molecule has 0 amide bonds. The third-order valence-electron chi connectivity index (χ3n) is 1.97. The highest BCUT2D eigenvalue weighted by molar-refractivity contribution is 5.24. The number of nitrogens with zero attached hydrogens (tertiary/aromatic N) is 2. The van der Waals surface area contributed by atoms with Crippen molar-refractivity contribution >= 4 is 0 Å². The van der Waals surface area contributed by atoms with Gasteiger partial charge in [-0.2, -0.15) is 0 Å². The Kier molecular flexibility index (Phi) is 4.35. The molecule has 4 nitrogen and oxygen atoms in total. The number of rotatable bonds is 5. The maximum atomic E-state index is 8.75. The summed E-state index contributed by atoms with van der Waals surface area (Å²) in [5.74, 6) is 0.650. The van der Waals surface area contributed by atoms with Crippen LogP contribution in [-0.2, 0) is 6.54 Å². The molecule has 0 aliphatic carbocycles. The monoisotopic (exact) mass is 196 g/mol. The summed E-state index contributed by atoms with van der Waals surface area (Å²) in [4.78, 5) is 6.11. The average Bonchev–Trinajstić information content (AvgIpc) is 2.19. The Hall–Kier alpha value is -1.13. The zero-order chi connectivity index (χ0) is 10.4. The Morgan fingerprint density at radius 1 is 1.57 bits per heavy atom. The van der Waals surface area contributed by atoms with E-state index in [1.54, 1.807) is 13.3 Å². The number of aromatic nitrogens is 1. The molecule has 0 atom stereocenters. The second-order valence-corrected chi connectivity index (χ2v) is 3.13. The molecule has 0 aliphatic rings. The van der Waals surface area contributed by atoms with E-state index >= 15 is 0 Å². The second-order valence-electron chi connectivity index (χ2n) is 3.13. The van der Waals surface area contributed by atoms with Gasteiger partial charge in [0.05, 0.1) is 13.7 Å². The Balaban J connectivity index is 2.65. The quantitative estimate of drug-likeness (QED) is 0.745. The molecule has 0 fully saturated rings. The summed E-state index contributed by atoms with van der Waals surface area (Å²) in [5, 5.41) is 8.75. The van der Waals surface area contributed by atoms with Crippen LogP contribution in [0, 0.1) is 0 Å². The number of hydrogen-bond donors (Lipinski definition) is 1. The van der Waals surface area contributed by atoms with Gasteiger partial charge in [0, 0.05) is 24.8 Å². The first kappa shape index (κ1) is 10.9. The van der Waals surface area contributed by atoms with Crippen LogP contribution >= 0.6 is 0 Å². The summed E-state index contributed by atoms with van der Waals surface area (Å²) < 4.78 is 5.12. The smallest absolute Gasteiger partial charge is 0.217 e. The second kappa shape index (κ2) is 5.57. The zero-order valence-electron chi connectivity index (χ0n) is 8.60. The average molecular weight is 196 g/mol. The van der Waals surface area contributed by atoms with Gasteiger partial charge >= 0.3 is 0 Å². The van der Waals surface area contributed by atoms with Crippen molar-refractivity contribution in [3.63, 3.8) is 0 Å². The number of aliphatic hydroxyl groups excluding tert-OH is 1. The summed E-state index contributed by atoms with van der Waals surface area (Å²) in [5.41, 5.74) is 1.03. The maximum absolute atomic E-state index is 8.75. The van der Waals surface area contributed by atoms with Crippen molar-refractivity contribution in [1.82, 2.24) is 9.88 Å². The van der Waals surface area contributed by atoms with Gasteiger partial charge in [-0.05, 0) is 13.1 Å². The van der Waals surface area contributed by atoms with Gasteiger partial charge in [0.2, 0.25) is 5.88 Å². The van der Waals surface area contributed by atoms with E-state index < -0.39 is 0 Å². The van der Waals surface area contributed by atoms with Crippen molar-refractivity contribution in [2.24, 2.45) is 0 Å². The first-order chi connectivity index (χ1) is 6.77. The molecule has 1 rings (SSSR count). The normalized spacial score (nSPS) is 10.6. The van der Waals surface area contributed by atoms with Gasteiger partial charge in [0.15, 0.2) is 0 Å². The van der Waals surface area contributed by atoms with E-state index in [9.17, 15) is 0 Å². The van der Waals surface area contributed by atoms with E-state index in [4.69, 9.17) is 9.84 Å². The molecule has 0 bridgehead atoms. The summed E-state index contributed by atoms with van der Waals surface area (Å²) in [6, 6.07) is 3.85. The Morgan fingerprint density at radius 2 is 2.36 bits per heavy atom. The Bertz CT molecular complexity index is 279. The van der Waals surface area contributed by atoms with Crippen molar-refractivity contribution in [2.75, 3.05) is 27.3 Å². The third-order valence-corrected chi connectivity index (χ3v) is 1.97. The lowest BCUT2D eigenvalue weighted by Crippen LogP contribution is -2.21. The Morgan fingerprint density at radius 3 is 3.00 bits per heavy atom. The molecule has 1 aromatic heterocycles. The highest BCUT2D eigenvalue weighted by atomic mass is 16.5. The van der Waals surface area contributed by atoms with Gasteiger partial charge < -0.3 is 9.84 Å². The molecule has 0 saturated carbocycles. The highest BCUT2D eigenvalue weighted by Crippen LogP contribution is 2.14. The topological polar surface area (TPSA) is 45.6 Å². The predicted molar refractivity (Wildman–Crippen MR) is 54.2 cm³/mol. The highest BCUT2D eigenvalue weighted by Gasteiger charge is 2.05. The molecule has 0 aliphatic heterocycles. The summed E-state index contributed by atoms with van der Waals surface area (Å²) in [7, 11) is 3.56. The van der Waals surface area contributed by atoms with Crippen molar-refractivity contribution < 1.29 is 9.84 Å². The fourth-order valence-corrected chi connectivity index (χ4v) is 1.27. The third kappa shape index (κ3) is 2.97. The molecule has 4 heteroatoms. The van der Waals surface area contributed by atoms with E-state index in [0.29, 0.717) is 12.4 Å². The van der Waals surface area contributed by atoms with E-state index in [2.05, 4.69) is 4.98 Å². The van der Waals surface area contributed by atoms with Crippen LogP contribution in [0.2, 0.25) is 0 Å². The minimum atomic E-state index is 0.166. The van der Waals surface area contributed by atoms with Crippen LogP contribution in [0.15, 0.2) is 18.3 Å². The van der Waals surface area contributed by atoms with Crippen LogP contribution in [-0.4, -0.2) is 42.3 Å². The number of ether oxygens (including phenoxy) is 1. The van der Waals surface area contributed by atoms with Gasteiger partial charge in [-0.1, -0.05) is 6.07 Å². The number of hydrogen-bond acceptors (Lipinski definition) is 4.